The predicted molar refractivity (Wildman–Crippen MR) is 116 cm³/mol. The van der Waals surface area contributed by atoms with E-state index >= 15 is 0 Å². The molecule has 5 rings (SSSR count). The maximum Gasteiger partial charge on any atom is 0.295 e. The van der Waals surface area contributed by atoms with Crippen molar-refractivity contribution >= 4 is 40.4 Å². The number of nitrogens with zero attached hydrogens (tertiary/aromatic N) is 1. The summed E-state index contributed by atoms with van der Waals surface area (Å²) in [4.78, 5) is 28.5. The van der Waals surface area contributed by atoms with Gasteiger partial charge in [0.2, 0.25) is 6.79 Å². The van der Waals surface area contributed by atoms with E-state index in [2.05, 4.69) is 0 Å². The summed E-state index contributed by atoms with van der Waals surface area (Å²) < 4.78 is 10.7. The molecule has 2 aliphatic rings. The number of ether oxygens (including phenoxy) is 2. The lowest BCUT2D eigenvalue weighted by molar-refractivity contribution is -0.140. The number of thiophene rings is 1. The Labute approximate surface area is 186 Å². The zero-order valence-corrected chi connectivity index (χ0v) is 17.7. The first-order valence-electron chi connectivity index (χ1n) is 9.50. The van der Waals surface area contributed by atoms with Gasteiger partial charge in [0.15, 0.2) is 11.5 Å². The molecule has 1 saturated heterocycles. The molecule has 6 nitrogen and oxygen atoms in total. The van der Waals surface area contributed by atoms with Crippen LogP contribution in [-0.2, 0) is 16.1 Å². The molecule has 31 heavy (non-hydrogen) atoms. The van der Waals surface area contributed by atoms with Gasteiger partial charge in [-0.05, 0) is 41.3 Å². The largest absolute Gasteiger partial charge is 0.507 e. The average molecular weight is 454 g/mol. The van der Waals surface area contributed by atoms with Gasteiger partial charge < -0.3 is 19.5 Å². The van der Waals surface area contributed by atoms with Gasteiger partial charge in [-0.25, -0.2) is 0 Å². The Morgan fingerprint density at radius 2 is 1.90 bits per heavy atom. The number of amides is 1. The molecular weight excluding hydrogens is 438 g/mol. The molecule has 1 fully saturated rings. The van der Waals surface area contributed by atoms with Crippen LogP contribution >= 0.6 is 22.9 Å². The van der Waals surface area contributed by atoms with Crippen molar-refractivity contribution < 1.29 is 24.2 Å². The Bertz CT molecular complexity index is 1220. The van der Waals surface area contributed by atoms with Crippen molar-refractivity contribution in [2.45, 2.75) is 12.6 Å². The highest BCUT2D eigenvalue weighted by atomic mass is 35.5. The number of fused-ring (bicyclic) bond motifs is 1. The highest BCUT2D eigenvalue weighted by Gasteiger charge is 2.46. The highest BCUT2D eigenvalue weighted by Crippen LogP contribution is 2.43. The first-order chi connectivity index (χ1) is 15.0. The van der Waals surface area contributed by atoms with Gasteiger partial charge in [0.05, 0.1) is 18.2 Å². The average Bonchev–Trinajstić information content (AvgIpc) is 3.50. The number of hydrogen-bond acceptors (Lipinski definition) is 6. The highest BCUT2D eigenvalue weighted by molar-refractivity contribution is 7.09. The molecule has 2 aromatic carbocycles. The number of aliphatic hydroxyl groups excluding tert-OH is 1. The minimum Gasteiger partial charge on any atom is -0.507 e. The van der Waals surface area contributed by atoms with Crippen LogP contribution in [0.5, 0.6) is 11.5 Å². The molecule has 0 bridgehead atoms. The predicted octanol–water partition coefficient (Wildman–Crippen LogP) is 4.75. The van der Waals surface area contributed by atoms with Crippen LogP contribution in [0.2, 0.25) is 5.02 Å². The van der Waals surface area contributed by atoms with Gasteiger partial charge in [-0.15, -0.1) is 11.3 Å². The van der Waals surface area contributed by atoms with Crippen molar-refractivity contribution in [2.75, 3.05) is 6.79 Å². The molecule has 1 aromatic heterocycles. The first kappa shape index (κ1) is 19.7. The van der Waals surface area contributed by atoms with Gasteiger partial charge in [0.25, 0.3) is 11.7 Å². The topological polar surface area (TPSA) is 76.1 Å². The fraction of sp³-hybridized carbons (Fsp3) is 0.130. The molecule has 0 spiro atoms. The number of hydrogen-bond donors (Lipinski definition) is 1. The minimum absolute atomic E-state index is 0.00600. The Balaban J connectivity index is 1.66. The Morgan fingerprint density at radius 1 is 1.10 bits per heavy atom. The van der Waals surface area contributed by atoms with E-state index < -0.39 is 17.7 Å². The second-order valence-electron chi connectivity index (χ2n) is 7.10. The van der Waals surface area contributed by atoms with Crippen molar-refractivity contribution in [3.05, 3.63) is 86.6 Å². The lowest BCUT2D eigenvalue weighted by atomic mass is 9.95. The van der Waals surface area contributed by atoms with Gasteiger partial charge in [-0.1, -0.05) is 35.9 Å². The zero-order valence-electron chi connectivity index (χ0n) is 16.1. The Hall–Kier alpha value is -3.29. The lowest BCUT2D eigenvalue weighted by Gasteiger charge is -2.25. The van der Waals surface area contributed by atoms with E-state index in [-0.39, 0.29) is 24.7 Å². The van der Waals surface area contributed by atoms with Gasteiger partial charge in [-0.3, -0.25) is 9.59 Å². The molecule has 3 aromatic rings. The summed E-state index contributed by atoms with van der Waals surface area (Å²) in [6.07, 6.45) is 0. The van der Waals surface area contributed by atoms with Crippen LogP contribution in [0.1, 0.15) is 22.0 Å². The van der Waals surface area contributed by atoms with Crippen LogP contribution in [0.25, 0.3) is 5.76 Å². The van der Waals surface area contributed by atoms with E-state index in [0.29, 0.717) is 27.6 Å². The smallest absolute Gasteiger partial charge is 0.295 e. The monoisotopic (exact) mass is 453 g/mol. The van der Waals surface area contributed by atoms with Crippen molar-refractivity contribution in [1.82, 2.24) is 4.90 Å². The molecule has 156 valence electrons. The molecule has 2 aliphatic heterocycles. The molecule has 0 saturated carbocycles. The van der Waals surface area contributed by atoms with Gasteiger partial charge in [-0.2, -0.15) is 0 Å². The standard InChI is InChI=1S/C23H16ClNO5S/c24-16-6-2-1-5-15(16)20-19(21(26)13-7-8-17-18(10-13)30-12-29-17)22(27)23(28)25(20)11-14-4-3-9-31-14/h1-10,20,26H,11-12H2/b21-19+. The summed E-state index contributed by atoms with van der Waals surface area (Å²) >= 11 is 7.94. The quantitative estimate of drug-likeness (QED) is 0.350. The van der Waals surface area contributed by atoms with E-state index in [0.717, 1.165) is 4.88 Å². The molecule has 0 aliphatic carbocycles. The number of halogens is 1. The fourth-order valence-corrected chi connectivity index (χ4v) is 4.77. The number of Topliss-reactive ketones (excluding diaryl/α,β-unsaturated/α-hetero) is 1. The third-order valence-corrected chi connectivity index (χ3v) is 6.50. The molecule has 1 N–H and O–H groups in total. The second kappa shape index (κ2) is 7.76. The normalized spacial score (nSPS) is 19.3. The third kappa shape index (κ3) is 3.36. The van der Waals surface area contributed by atoms with Crippen LogP contribution in [0.3, 0.4) is 0 Å². The maximum atomic E-state index is 13.1. The molecule has 3 heterocycles. The summed E-state index contributed by atoms with van der Waals surface area (Å²) in [5.41, 5.74) is 0.922. The van der Waals surface area contributed by atoms with Crippen LogP contribution in [0.15, 0.2) is 65.6 Å². The van der Waals surface area contributed by atoms with Crippen molar-refractivity contribution in [3.63, 3.8) is 0 Å². The first-order valence-corrected chi connectivity index (χ1v) is 10.8. The van der Waals surface area contributed by atoms with Gasteiger partial charge in [0.1, 0.15) is 5.76 Å². The molecular formula is C23H16ClNO5S. The van der Waals surface area contributed by atoms with E-state index in [9.17, 15) is 14.7 Å². The van der Waals surface area contributed by atoms with E-state index in [4.69, 9.17) is 21.1 Å². The number of benzene rings is 2. The molecule has 0 radical (unpaired) electrons. The summed E-state index contributed by atoms with van der Waals surface area (Å²) in [6.45, 7) is 0.320. The van der Waals surface area contributed by atoms with Crippen molar-refractivity contribution in [3.8, 4) is 11.5 Å². The van der Waals surface area contributed by atoms with Gasteiger partial charge >= 0.3 is 0 Å². The Kier molecular flexibility index (Phi) is 4.92. The second-order valence-corrected chi connectivity index (χ2v) is 8.54. The number of carbonyl (C=O) groups is 2. The van der Waals surface area contributed by atoms with E-state index in [1.165, 1.54) is 16.2 Å². The summed E-state index contributed by atoms with van der Waals surface area (Å²) in [6, 6.07) is 14.8. The summed E-state index contributed by atoms with van der Waals surface area (Å²) in [5.74, 6) is -0.698. The van der Waals surface area contributed by atoms with Crippen LogP contribution in [0, 0.1) is 0 Å². The van der Waals surface area contributed by atoms with E-state index in [1.54, 1.807) is 42.5 Å². The van der Waals surface area contributed by atoms with E-state index in [1.807, 2.05) is 17.5 Å². The molecule has 1 amide bonds. The number of likely N-dealkylation sites (tertiary alicyclic amines) is 1. The molecule has 8 heteroatoms. The fourth-order valence-electron chi connectivity index (χ4n) is 3.83. The minimum atomic E-state index is -0.818. The SMILES string of the molecule is O=C1C(=O)N(Cc2cccs2)C(c2ccccc2Cl)/C1=C(\O)c1ccc2c(c1)OCO2. The number of carbonyl (C=O) groups excluding carboxylic acids is 2. The molecule has 1 unspecified atom stereocenters. The maximum absolute atomic E-state index is 13.1. The summed E-state index contributed by atoms with van der Waals surface area (Å²) in [7, 11) is 0. The zero-order chi connectivity index (χ0) is 21.5. The number of ketones is 1. The lowest BCUT2D eigenvalue weighted by Crippen LogP contribution is -2.29. The van der Waals surface area contributed by atoms with Crippen molar-refractivity contribution in [1.29, 1.82) is 0 Å². The number of aliphatic hydroxyl groups is 1. The summed E-state index contributed by atoms with van der Waals surface area (Å²) in [5, 5.41) is 13.5. The van der Waals surface area contributed by atoms with Crippen LogP contribution in [-0.4, -0.2) is 28.5 Å². The number of rotatable bonds is 4. The molecule has 1 atom stereocenters. The third-order valence-electron chi connectivity index (χ3n) is 5.29. The van der Waals surface area contributed by atoms with Gasteiger partial charge in [0, 0.05) is 15.5 Å². The van der Waals surface area contributed by atoms with Crippen molar-refractivity contribution in [2.24, 2.45) is 0 Å². The Morgan fingerprint density at radius 3 is 2.68 bits per heavy atom. The van der Waals surface area contributed by atoms with Crippen LogP contribution in [0.4, 0.5) is 0 Å². The van der Waals surface area contributed by atoms with Crippen LogP contribution < -0.4 is 9.47 Å².